The van der Waals surface area contributed by atoms with Crippen molar-refractivity contribution in [2.75, 3.05) is 11.9 Å². The Labute approximate surface area is 228 Å². The summed E-state index contributed by atoms with van der Waals surface area (Å²) in [7, 11) is 0. The van der Waals surface area contributed by atoms with Crippen LogP contribution in [-0.2, 0) is 16.1 Å². The average molecular weight is 662 g/mol. The molecule has 36 heavy (non-hydrogen) atoms. The lowest BCUT2D eigenvalue weighted by molar-refractivity contribution is -0.137. The van der Waals surface area contributed by atoms with Gasteiger partial charge in [-0.15, -0.1) is 0 Å². The Morgan fingerprint density at radius 1 is 1.19 bits per heavy atom. The third kappa shape index (κ3) is 5.11. The normalized spacial score (nSPS) is 17.5. The maximum atomic E-state index is 13.3. The number of likely N-dealkylation sites (tertiary alicyclic amines) is 1. The van der Waals surface area contributed by atoms with E-state index in [1.54, 1.807) is 35.3 Å². The second-order valence-corrected chi connectivity index (χ2v) is 10.3. The highest BCUT2D eigenvalue weighted by Crippen LogP contribution is 2.28. The molecule has 0 radical (unpaired) electrons. The zero-order chi connectivity index (χ0) is 25.4. The summed E-state index contributed by atoms with van der Waals surface area (Å²) in [5, 5.41) is 18.4. The van der Waals surface area contributed by atoms with Crippen molar-refractivity contribution in [1.82, 2.24) is 29.6 Å². The monoisotopic (exact) mass is 661 g/mol. The van der Waals surface area contributed by atoms with Crippen LogP contribution in [0.25, 0.3) is 22.0 Å². The largest absolute Gasteiger partial charge is 0.391 e. The van der Waals surface area contributed by atoms with Gasteiger partial charge < -0.3 is 15.3 Å². The van der Waals surface area contributed by atoms with Crippen molar-refractivity contribution in [1.29, 1.82) is 0 Å². The van der Waals surface area contributed by atoms with E-state index in [9.17, 15) is 14.7 Å². The molecule has 1 aliphatic heterocycles. The number of pyridine rings is 1. The van der Waals surface area contributed by atoms with Crippen LogP contribution in [0.1, 0.15) is 12.2 Å². The van der Waals surface area contributed by atoms with Crippen LogP contribution in [0.15, 0.2) is 53.4 Å². The van der Waals surface area contributed by atoms with Crippen molar-refractivity contribution < 1.29 is 14.7 Å². The summed E-state index contributed by atoms with van der Waals surface area (Å²) in [6.07, 6.45) is 2.93. The molecule has 12 heteroatoms. The van der Waals surface area contributed by atoms with Gasteiger partial charge in [-0.25, -0.2) is 15.0 Å². The van der Waals surface area contributed by atoms with Gasteiger partial charge in [0, 0.05) is 36.3 Å². The van der Waals surface area contributed by atoms with Crippen LogP contribution in [0.5, 0.6) is 0 Å². The van der Waals surface area contributed by atoms with Crippen LogP contribution in [-0.4, -0.2) is 65.2 Å². The Kier molecular flexibility index (Phi) is 6.99. The first-order valence-corrected chi connectivity index (χ1v) is 13.0. The molecule has 2 atom stereocenters. The molecule has 3 aromatic heterocycles. The van der Waals surface area contributed by atoms with Gasteiger partial charge in [-0.2, -0.15) is 5.10 Å². The minimum absolute atomic E-state index is 0.0574. The number of hydrogen-bond donors (Lipinski definition) is 2. The van der Waals surface area contributed by atoms with E-state index in [4.69, 9.17) is 0 Å². The second-order valence-electron chi connectivity index (χ2n) is 8.49. The van der Waals surface area contributed by atoms with Crippen molar-refractivity contribution in [2.24, 2.45) is 0 Å². The number of carbonyl (C=O) groups is 2. The molecule has 0 aliphatic carbocycles. The van der Waals surface area contributed by atoms with Crippen molar-refractivity contribution in [3.05, 3.63) is 62.9 Å². The number of anilines is 1. The van der Waals surface area contributed by atoms with Crippen molar-refractivity contribution in [3.63, 3.8) is 0 Å². The number of fused-ring (bicyclic) bond motifs is 1. The number of aliphatic hydroxyl groups is 1. The Morgan fingerprint density at radius 2 is 1.97 bits per heavy atom. The van der Waals surface area contributed by atoms with Gasteiger partial charge in [0.2, 0.25) is 11.8 Å². The fourth-order valence-corrected chi connectivity index (χ4v) is 5.26. The Hall–Kier alpha value is -2.97. The topological polar surface area (TPSA) is 126 Å². The lowest BCUT2D eigenvalue weighted by atomic mass is 10.1. The number of amides is 2. The molecule has 0 bridgehead atoms. The van der Waals surface area contributed by atoms with E-state index in [-0.39, 0.29) is 25.4 Å². The number of halogens is 2. The number of aryl methyl sites for hydroxylation is 1. The number of nitrogens with one attached hydrogen (secondary N) is 1. The molecular formula is C24H21BrIN7O3. The van der Waals surface area contributed by atoms with E-state index in [0.29, 0.717) is 16.2 Å². The molecule has 2 N–H and O–H groups in total. The van der Waals surface area contributed by atoms with E-state index in [1.165, 1.54) is 4.90 Å². The zero-order valence-electron chi connectivity index (χ0n) is 19.1. The Balaban J connectivity index is 1.36. The number of rotatable bonds is 5. The predicted molar refractivity (Wildman–Crippen MR) is 145 cm³/mol. The van der Waals surface area contributed by atoms with E-state index in [0.717, 1.165) is 25.7 Å². The molecule has 0 saturated carbocycles. The highest BCUT2D eigenvalue weighted by atomic mass is 127. The SMILES string of the molecule is Cc1ncc(-c2ccc3c(c2)c(I)nn3CC(=O)N2C[C@H](O)C[C@H]2C(=O)Nc2cccc(Br)n2)cn1. The summed E-state index contributed by atoms with van der Waals surface area (Å²) in [5.74, 6) is 0.374. The minimum atomic E-state index is -0.803. The fraction of sp³-hybridized carbons (Fsp3) is 0.250. The first kappa shape index (κ1) is 24.7. The number of hydrogen-bond acceptors (Lipinski definition) is 7. The summed E-state index contributed by atoms with van der Waals surface area (Å²) in [5.41, 5.74) is 2.64. The van der Waals surface area contributed by atoms with Gasteiger partial charge in [-0.05, 0) is 75.3 Å². The number of nitrogens with zero attached hydrogens (tertiary/aromatic N) is 6. The van der Waals surface area contributed by atoms with Gasteiger partial charge in [0.05, 0.1) is 11.6 Å². The molecule has 10 nitrogen and oxygen atoms in total. The molecule has 5 rings (SSSR count). The van der Waals surface area contributed by atoms with Gasteiger partial charge >= 0.3 is 0 Å². The van der Waals surface area contributed by atoms with E-state index in [1.807, 2.05) is 25.1 Å². The summed E-state index contributed by atoms with van der Waals surface area (Å²) in [6.45, 7) is 1.86. The van der Waals surface area contributed by atoms with Crippen molar-refractivity contribution >= 4 is 67.1 Å². The number of benzene rings is 1. The number of aromatic nitrogens is 5. The van der Waals surface area contributed by atoms with Gasteiger partial charge in [0.15, 0.2) is 0 Å². The predicted octanol–water partition coefficient (Wildman–Crippen LogP) is 3.16. The first-order valence-electron chi connectivity index (χ1n) is 11.1. The van der Waals surface area contributed by atoms with Crippen molar-refractivity contribution in [3.8, 4) is 11.1 Å². The van der Waals surface area contributed by atoms with Crippen LogP contribution >= 0.6 is 38.5 Å². The van der Waals surface area contributed by atoms with Gasteiger partial charge in [-0.1, -0.05) is 12.1 Å². The molecule has 0 spiro atoms. The molecular weight excluding hydrogens is 641 g/mol. The third-order valence-corrected chi connectivity index (χ3v) is 7.21. The molecule has 1 fully saturated rings. The molecule has 184 valence electrons. The molecule has 0 unspecified atom stereocenters. The van der Waals surface area contributed by atoms with Crippen LogP contribution < -0.4 is 5.32 Å². The summed E-state index contributed by atoms with van der Waals surface area (Å²) in [4.78, 5) is 40.4. The standard InChI is InChI=1S/C24H21BrIN7O3/c1-13-27-9-15(10-28-13)14-5-6-18-17(7-14)23(26)31-33(18)12-22(35)32-11-16(34)8-19(32)24(36)30-21-4-2-3-20(25)29-21/h2-7,9-10,16,19,34H,8,11-12H2,1H3,(H,29,30,36)/t16-,19+/m1/s1. The average Bonchev–Trinajstić information content (AvgIpc) is 3.39. The second kappa shape index (κ2) is 10.2. The van der Waals surface area contributed by atoms with Crippen LogP contribution in [0.4, 0.5) is 5.82 Å². The lowest BCUT2D eigenvalue weighted by Crippen LogP contribution is -2.44. The zero-order valence-corrected chi connectivity index (χ0v) is 22.8. The van der Waals surface area contributed by atoms with E-state index in [2.05, 4.69) is 63.9 Å². The molecule has 1 aliphatic rings. The van der Waals surface area contributed by atoms with Crippen LogP contribution in [0.3, 0.4) is 0 Å². The molecule has 1 saturated heterocycles. The van der Waals surface area contributed by atoms with Gasteiger partial charge in [0.25, 0.3) is 0 Å². The summed E-state index contributed by atoms with van der Waals surface area (Å²) < 4.78 is 2.96. The molecule has 4 aromatic rings. The molecule has 2 amide bonds. The summed E-state index contributed by atoms with van der Waals surface area (Å²) >= 11 is 5.42. The number of β-amino-alcohol motifs (C(OH)–C–C–N with tert-alkyl or cyclic N) is 1. The third-order valence-electron chi connectivity index (χ3n) is 5.97. The Morgan fingerprint density at radius 3 is 2.72 bits per heavy atom. The maximum Gasteiger partial charge on any atom is 0.248 e. The number of aliphatic hydroxyl groups excluding tert-OH is 1. The Bertz CT molecular complexity index is 1460. The van der Waals surface area contributed by atoms with Gasteiger partial charge in [-0.3, -0.25) is 14.3 Å². The van der Waals surface area contributed by atoms with Crippen LogP contribution in [0.2, 0.25) is 0 Å². The lowest BCUT2D eigenvalue weighted by Gasteiger charge is -2.23. The van der Waals surface area contributed by atoms with Crippen LogP contribution in [0, 0.1) is 10.6 Å². The summed E-state index contributed by atoms with van der Waals surface area (Å²) in [6, 6.07) is 10.2. The molecule has 1 aromatic carbocycles. The number of carbonyl (C=O) groups excluding carboxylic acids is 2. The minimum Gasteiger partial charge on any atom is -0.391 e. The smallest absolute Gasteiger partial charge is 0.248 e. The van der Waals surface area contributed by atoms with Crippen molar-refractivity contribution in [2.45, 2.75) is 32.0 Å². The first-order chi connectivity index (χ1) is 17.3. The molecule has 4 heterocycles. The quantitative estimate of drug-likeness (QED) is 0.249. The maximum absolute atomic E-state index is 13.3. The van der Waals surface area contributed by atoms with E-state index >= 15 is 0 Å². The fourth-order valence-electron chi connectivity index (χ4n) is 4.23. The highest BCUT2D eigenvalue weighted by Gasteiger charge is 2.39. The highest BCUT2D eigenvalue weighted by molar-refractivity contribution is 14.1. The van der Waals surface area contributed by atoms with Gasteiger partial charge in [0.1, 0.15) is 32.5 Å². The van der Waals surface area contributed by atoms with E-state index < -0.39 is 18.1 Å².